The van der Waals surface area contributed by atoms with Gasteiger partial charge in [0.25, 0.3) is 5.91 Å². The maximum atomic E-state index is 12.4. The van der Waals surface area contributed by atoms with Crippen LogP contribution in [0.15, 0.2) is 30.5 Å². The maximum Gasteiger partial charge on any atom is 0.339 e. The molecule has 2 amide bonds. The van der Waals surface area contributed by atoms with Crippen molar-refractivity contribution in [3.05, 3.63) is 41.0 Å². The van der Waals surface area contributed by atoms with Crippen molar-refractivity contribution in [1.82, 2.24) is 4.98 Å². The van der Waals surface area contributed by atoms with Gasteiger partial charge in [-0.1, -0.05) is 11.6 Å². The number of benzene rings is 1. The summed E-state index contributed by atoms with van der Waals surface area (Å²) in [6.45, 7) is -0.514. The third-order valence-corrected chi connectivity index (χ3v) is 4.07. The standard InChI is InChI=1S/C17H14ClN3O6/c1-26-13-6-11(10(18)5-9(13)17(24)25)20-14(22)7-21-15(23)8-27-12-3-2-4-19-16(12)21/h2-6H,7-8H2,1H3,(H,20,22)(H,24,25). The van der Waals surface area contributed by atoms with Crippen molar-refractivity contribution < 1.29 is 29.0 Å². The Morgan fingerprint density at radius 2 is 2.22 bits per heavy atom. The quantitative estimate of drug-likeness (QED) is 0.797. The molecule has 2 N–H and O–H groups in total. The lowest BCUT2D eigenvalue weighted by molar-refractivity contribution is -0.123. The summed E-state index contributed by atoms with van der Waals surface area (Å²) in [6.07, 6.45) is 1.48. The van der Waals surface area contributed by atoms with E-state index in [1.165, 1.54) is 30.3 Å². The van der Waals surface area contributed by atoms with E-state index in [1.54, 1.807) is 12.1 Å². The zero-order valence-electron chi connectivity index (χ0n) is 14.1. The highest BCUT2D eigenvalue weighted by atomic mass is 35.5. The zero-order chi connectivity index (χ0) is 19.6. The smallest absolute Gasteiger partial charge is 0.339 e. The Labute approximate surface area is 158 Å². The Kier molecular flexibility index (Phi) is 5.13. The number of fused-ring (bicyclic) bond motifs is 1. The number of nitrogens with zero attached hydrogens (tertiary/aromatic N) is 2. The normalized spacial score (nSPS) is 12.8. The third kappa shape index (κ3) is 3.77. The highest BCUT2D eigenvalue weighted by Crippen LogP contribution is 2.32. The van der Waals surface area contributed by atoms with Crippen molar-refractivity contribution in [2.45, 2.75) is 0 Å². The average molecular weight is 392 g/mol. The fourth-order valence-electron chi connectivity index (χ4n) is 2.51. The average Bonchev–Trinajstić information content (AvgIpc) is 2.65. The summed E-state index contributed by atoms with van der Waals surface area (Å²) in [5, 5.41) is 11.7. The Morgan fingerprint density at radius 3 is 2.93 bits per heavy atom. The number of methoxy groups -OCH3 is 1. The van der Waals surface area contributed by atoms with Crippen LogP contribution in [0.3, 0.4) is 0 Å². The molecule has 1 aliphatic rings. The molecule has 0 fully saturated rings. The number of carboxylic acid groups (broad SMARTS) is 1. The highest BCUT2D eigenvalue weighted by molar-refractivity contribution is 6.34. The molecule has 0 saturated carbocycles. The van der Waals surface area contributed by atoms with Crippen molar-refractivity contribution >= 4 is 40.9 Å². The predicted molar refractivity (Wildman–Crippen MR) is 95.7 cm³/mol. The fourth-order valence-corrected chi connectivity index (χ4v) is 2.73. The summed E-state index contributed by atoms with van der Waals surface area (Å²) in [6, 6.07) is 5.78. The summed E-state index contributed by atoms with van der Waals surface area (Å²) in [4.78, 5) is 41.0. The van der Waals surface area contributed by atoms with Crippen LogP contribution in [0.4, 0.5) is 11.5 Å². The number of hydrogen-bond acceptors (Lipinski definition) is 6. The first-order valence-electron chi connectivity index (χ1n) is 7.69. The lowest BCUT2D eigenvalue weighted by Crippen LogP contribution is -2.44. The van der Waals surface area contributed by atoms with E-state index in [0.717, 1.165) is 0 Å². The van der Waals surface area contributed by atoms with Gasteiger partial charge in [0.15, 0.2) is 18.2 Å². The summed E-state index contributed by atoms with van der Waals surface area (Å²) >= 11 is 6.05. The molecule has 1 aliphatic heterocycles. The monoisotopic (exact) mass is 391 g/mol. The van der Waals surface area contributed by atoms with Crippen LogP contribution in [0.2, 0.25) is 5.02 Å². The van der Waals surface area contributed by atoms with Crippen molar-refractivity contribution in [1.29, 1.82) is 0 Å². The fraction of sp³-hybridized carbons (Fsp3) is 0.176. The molecule has 9 nitrogen and oxygen atoms in total. The minimum Gasteiger partial charge on any atom is -0.496 e. The Morgan fingerprint density at radius 1 is 1.44 bits per heavy atom. The van der Waals surface area contributed by atoms with Gasteiger partial charge in [-0.05, 0) is 18.2 Å². The van der Waals surface area contributed by atoms with Gasteiger partial charge in [-0.15, -0.1) is 0 Å². The van der Waals surface area contributed by atoms with Gasteiger partial charge in [0, 0.05) is 12.3 Å². The molecule has 0 spiro atoms. The highest BCUT2D eigenvalue weighted by Gasteiger charge is 2.28. The van der Waals surface area contributed by atoms with Gasteiger partial charge < -0.3 is 19.9 Å². The number of hydrogen-bond donors (Lipinski definition) is 2. The maximum absolute atomic E-state index is 12.4. The Bertz CT molecular complexity index is 933. The van der Waals surface area contributed by atoms with Crippen molar-refractivity contribution in [2.75, 3.05) is 30.5 Å². The summed E-state index contributed by atoms with van der Waals surface area (Å²) < 4.78 is 10.3. The number of pyridine rings is 1. The number of aromatic carboxylic acids is 1. The number of rotatable bonds is 5. The van der Waals surface area contributed by atoms with E-state index in [4.69, 9.17) is 26.2 Å². The minimum atomic E-state index is -1.21. The number of aromatic nitrogens is 1. The van der Waals surface area contributed by atoms with Crippen LogP contribution >= 0.6 is 11.6 Å². The molecule has 0 radical (unpaired) electrons. The van der Waals surface area contributed by atoms with Crippen LogP contribution in [0, 0.1) is 0 Å². The summed E-state index contributed by atoms with van der Waals surface area (Å²) in [5.41, 5.74) is 0.0208. The van der Waals surface area contributed by atoms with E-state index in [2.05, 4.69) is 10.3 Å². The molecule has 0 unspecified atom stereocenters. The van der Waals surface area contributed by atoms with Crippen molar-refractivity contribution in [3.8, 4) is 11.5 Å². The number of anilines is 2. The molecule has 1 aromatic heterocycles. The van der Waals surface area contributed by atoms with E-state index in [0.29, 0.717) is 5.75 Å². The van der Waals surface area contributed by atoms with Gasteiger partial charge >= 0.3 is 5.97 Å². The number of carboxylic acids is 1. The molecule has 2 aromatic rings. The SMILES string of the molecule is COc1cc(NC(=O)CN2C(=O)COc3cccnc32)c(Cl)cc1C(=O)O. The second kappa shape index (κ2) is 7.50. The lowest BCUT2D eigenvalue weighted by atomic mass is 10.1. The largest absolute Gasteiger partial charge is 0.496 e. The second-order valence-corrected chi connectivity index (χ2v) is 5.89. The number of amides is 2. The molecule has 0 atom stereocenters. The van der Waals surface area contributed by atoms with E-state index in [9.17, 15) is 14.4 Å². The summed E-state index contributed by atoms with van der Waals surface area (Å²) in [5.74, 6) is -1.50. The zero-order valence-corrected chi connectivity index (χ0v) is 14.8. The molecule has 1 aromatic carbocycles. The van der Waals surface area contributed by atoms with Crippen molar-refractivity contribution in [2.24, 2.45) is 0 Å². The van der Waals surface area contributed by atoms with Crippen LogP contribution in [0.25, 0.3) is 0 Å². The Hall–Kier alpha value is -3.33. The summed E-state index contributed by atoms with van der Waals surface area (Å²) in [7, 11) is 1.30. The van der Waals surface area contributed by atoms with Crippen molar-refractivity contribution in [3.63, 3.8) is 0 Å². The molecule has 10 heteroatoms. The minimum absolute atomic E-state index is 0.0216. The molecule has 140 valence electrons. The molecule has 0 saturated heterocycles. The molecular formula is C17H14ClN3O6. The van der Waals surface area contributed by atoms with E-state index < -0.39 is 17.8 Å². The molecule has 3 rings (SSSR count). The van der Waals surface area contributed by atoms with Crippen LogP contribution in [0.5, 0.6) is 11.5 Å². The number of ether oxygens (including phenoxy) is 2. The van der Waals surface area contributed by atoms with Gasteiger partial charge in [0.2, 0.25) is 5.91 Å². The van der Waals surface area contributed by atoms with Gasteiger partial charge in [-0.2, -0.15) is 0 Å². The first kappa shape index (κ1) is 18.5. The van der Waals surface area contributed by atoms with Crippen LogP contribution < -0.4 is 19.7 Å². The molecular weight excluding hydrogens is 378 g/mol. The van der Waals surface area contributed by atoms with Gasteiger partial charge in [-0.3, -0.25) is 14.5 Å². The first-order valence-corrected chi connectivity index (χ1v) is 8.07. The van der Waals surface area contributed by atoms with Gasteiger partial charge in [0.1, 0.15) is 17.9 Å². The predicted octanol–water partition coefficient (Wildman–Crippen LogP) is 1.81. The third-order valence-electron chi connectivity index (χ3n) is 3.75. The van der Waals surface area contributed by atoms with Crippen LogP contribution in [0.1, 0.15) is 10.4 Å². The topological polar surface area (TPSA) is 118 Å². The number of carbonyl (C=O) groups is 3. The van der Waals surface area contributed by atoms with E-state index in [1.807, 2.05) is 0 Å². The van der Waals surface area contributed by atoms with E-state index in [-0.39, 0.29) is 41.0 Å². The number of halogens is 1. The molecule has 0 aliphatic carbocycles. The number of carbonyl (C=O) groups excluding carboxylic acids is 2. The molecule has 0 bridgehead atoms. The van der Waals surface area contributed by atoms with Crippen LogP contribution in [-0.4, -0.2) is 48.1 Å². The lowest BCUT2D eigenvalue weighted by Gasteiger charge is -2.27. The molecule has 2 heterocycles. The number of nitrogens with one attached hydrogen (secondary N) is 1. The first-order chi connectivity index (χ1) is 12.9. The Balaban J connectivity index is 1.81. The van der Waals surface area contributed by atoms with Crippen LogP contribution in [-0.2, 0) is 9.59 Å². The van der Waals surface area contributed by atoms with Gasteiger partial charge in [0.05, 0.1) is 17.8 Å². The second-order valence-electron chi connectivity index (χ2n) is 5.48. The van der Waals surface area contributed by atoms with E-state index >= 15 is 0 Å². The van der Waals surface area contributed by atoms with Gasteiger partial charge in [-0.25, -0.2) is 9.78 Å². The molecule has 27 heavy (non-hydrogen) atoms.